The number of nitrogens with two attached hydrogens (primary N) is 1. The summed E-state index contributed by atoms with van der Waals surface area (Å²) in [5, 5.41) is 8.98. The van der Waals surface area contributed by atoms with E-state index in [9.17, 15) is 0 Å². The maximum absolute atomic E-state index is 8.98. The second-order valence-electron chi connectivity index (χ2n) is 2.48. The van der Waals surface area contributed by atoms with E-state index < -0.39 is 0 Å². The maximum Gasteiger partial charge on any atom is 0.0569 e. The Morgan fingerprint density at radius 2 is 2.00 bits per heavy atom. The zero-order valence-electron chi connectivity index (χ0n) is 7.01. The Labute approximate surface area is 63.4 Å². The molecule has 10 heavy (non-hydrogen) atoms. The lowest BCUT2D eigenvalue weighted by Crippen LogP contribution is -2.32. The fraction of sp³-hybridized carbons (Fsp3) is 1.00. The molecule has 62 valence electrons. The van der Waals surface area contributed by atoms with E-state index in [1.807, 2.05) is 13.8 Å². The first-order valence-electron chi connectivity index (χ1n) is 4.22. The van der Waals surface area contributed by atoms with Crippen molar-refractivity contribution in [1.82, 2.24) is 0 Å². The van der Waals surface area contributed by atoms with Gasteiger partial charge in [-0.25, -0.2) is 0 Å². The van der Waals surface area contributed by atoms with Crippen LogP contribution in [0.4, 0.5) is 0 Å². The molecule has 2 unspecified atom stereocenters. The van der Waals surface area contributed by atoms with Gasteiger partial charge in [0, 0.05) is 0 Å². The molecule has 2 nitrogen and oxygen atoms in total. The Kier molecular flexibility index (Phi) is 5.64. The Hall–Kier alpha value is -0.0800. The molecule has 0 aromatic heterocycles. The van der Waals surface area contributed by atoms with Crippen molar-refractivity contribution in [3.8, 4) is 0 Å². The molecule has 0 aromatic carbocycles. The molecule has 0 saturated heterocycles. The van der Waals surface area contributed by atoms with E-state index in [0.29, 0.717) is 5.92 Å². The van der Waals surface area contributed by atoms with E-state index >= 15 is 0 Å². The van der Waals surface area contributed by atoms with Crippen molar-refractivity contribution in [1.29, 1.82) is 0 Å². The summed E-state index contributed by atoms with van der Waals surface area (Å²) in [5.41, 5.74) is 5.29. The van der Waals surface area contributed by atoms with Gasteiger partial charge in [0.25, 0.3) is 0 Å². The number of hydrogen-bond acceptors (Lipinski definition) is 2. The molecule has 0 bridgehead atoms. The first-order chi connectivity index (χ1) is 4.84. The van der Waals surface area contributed by atoms with Crippen LogP contribution in [0.3, 0.4) is 0 Å². The fourth-order valence-electron chi connectivity index (χ4n) is 1.10. The lowest BCUT2D eigenvalue weighted by molar-refractivity contribution is 0.0209. The molecule has 0 heterocycles. The average molecular weight is 145 g/mol. The van der Waals surface area contributed by atoms with Crippen molar-refractivity contribution >= 4 is 0 Å². The molecule has 1 aliphatic rings. The highest BCUT2D eigenvalue weighted by molar-refractivity contribution is 4.79. The second-order valence-corrected chi connectivity index (χ2v) is 2.48. The lowest BCUT2D eigenvalue weighted by Gasteiger charge is -2.31. The highest BCUT2D eigenvalue weighted by Crippen LogP contribution is 2.29. The molecule has 0 aromatic rings. The summed E-state index contributed by atoms with van der Waals surface area (Å²) >= 11 is 0. The molecular formula is C8H19NO. The molecule has 0 radical (unpaired) electrons. The van der Waals surface area contributed by atoms with E-state index in [1.165, 1.54) is 6.42 Å². The van der Waals surface area contributed by atoms with E-state index in [0.717, 1.165) is 19.4 Å². The van der Waals surface area contributed by atoms with Gasteiger partial charge < -0.3 is 10.8 Å². The van der Waals surface area contributed by atoms with Crippen LogP contribution in [0.2, 0.25) is 0 Å². The Bertz CT molecular complexity index is 75.7. The monoisotopic (exact) mass is 145 g/mol. The van der Waals surface area contributed by atoms with Crippen LogP contribution in [-0.4, -0.2) is 17.8 Å². The van der Waals surface area contributed by atoms with Gasteiger partial charge in [0.05, 0.1) is 6.10 Å². The first-order valence-corrected chi connectivity index (χ1v) is 4.22. The van der Waals surface area contributed by atoms with Crippen molar-refractivity contribution in [2.75, 3.05) is 6.54 Å². The fourth-order valence-corrected chi connectivity index (χ4v) is 1.10. The normalized spacial score (nSPS) is 30.0. The largest absolute Gasteiger partial charge is 0.393 e. The smallest absolute Gasteiger partial charge is 0.0569 e. The number of aliphatic hydroxyl groups is 1. The predicted octanol–water partition coefficient (Wildman–Crippen LogP) is 1.13. The van der Waals surface area contributed by atoms with Crippen molar-refractivity contribution in [3.05, 3.63) is 0 Å². The van der Waals surface area contributed by atoms with Crippen molar-refractivity contribution in [2.24, 2.45) is 11.7 Å². The van der Waals surface area contributed by atoms with Crippen LogP contribution in [0.25, 0.3) is 0 Å². The minimum atomic E-state index is -0.0291. The average Bonchev–Trinajstić information content (AvgIpc) is 2.01. The number of hydrogen-bond donors (Lipinski definition) is 2. The molecular weight excluding hydrogens is 126 g/mol. The third-order valence-corrected chi connectivity index (χ3v) is 1.91. The van der Waals surface area contributed by atoms with Gasteiger partial charge in [0.2, 0.25) is 0 Å². The van der Waals surface area contributed by atoms with Gasteiger partial charge in [-0.2, -0.15) is 0 Å². The standard InChI is InChI=1S/C6H13NO.C2H6/c7-4-3-5-1-2-6(5)8;1-2/h5-6,8H,1-4,7H2;1-2H3. The van der Waals surface area contributed by atoms with Gasteiger partial charge in [0.15, 0.2) is 0 Å². The quantitative estimate of drug-likeness (QED) is 0.612. The SMILES string of the molecule is CC.NCCC1CCC1O. The van der Waals surface area contributed by atoms with Gasteiger partial charge in [-0.1, -0.05) is 13.8 Å². The minimum Gasteiger partial charge on any atom is -0.393 e. The summed E-state index contributed by atoms with van der Waals surface area (Å²) in [6.07, 6.45) is 3.14. The summed E-state index contributed by atoms with van der Waals surface area (Å²) in [6.45, 7) is 4.72. The molecule has 1 fully saturated rings. The third kappa shape index (κ3) is 2.67. The minimum absolute atomic E-state index is 0.0291. The summed E-state index contributed by atoms with van der Waals surface area (Å²) in [7, 11) is 0. The molecule has 0 aliphatic heterocycles. The van der Waals surface area contributed by atoms with Crippen molar-refractivity contribution < 1.29 is 5.11 Å². The van der Waals surface area contributed by atoms with E-state index in [2.05, 4.69) is 0 Å². The molecule has 0 amide bonds. The van der Waals surface area contributed by atoms with Gasteiger partial charge >= 0.3 is 0 Å². The first kappa shape index (κ1) is 9.92. The second kappa shape index (κ2) is 5.69. The zero-order valence-corrected chi connectivity index (χ0v) is 7.01. The van der Waals surface area contributed by atoms with Gasteiger partial charge in [-0.3, -0.25) is 0 Å². The van der Waals surface area contributed by atoms with Gasteiger partial charge in [0.1, 0.15) is 0 Å². The van der Waals surface area contributed by atoms with E-state index in [4.69, 9.17) is 10.8 Å². The number of rotatable bonds is 2. The maximum atomic E-state index is 8.98. The summed E-state index contributed by atoms with van der Waals surface area (Å²) < 4.78 is 0. The van der Waals surface area contributed by atoms with E-state index in [1.54, 1.807) is 0 Å². The van der Waals surface area contributed by atoms with Crippen molar-refractivity contribution in [2.45, 2.75) is 39.2 Å². The summed E-state index contributed by atoms with van der Waals surface area (Å²) in [6, 6.07) is 0. The van der Waals surface area contributed by atoms with E-state index in [-0.39, 0.29) is 6.10 Å². The Balaban J connectivity index is 0.000000371. The topological polar surface area (TPSA) is 46.2 Å². The van der Waals surface area contributed by atoms with Crippen LogP contribution >= 0.6 is 0 Å². The van der Waals surface area contributed by atoms with Crippen LogP contribution in [0.15, 0.2) is 0 Å². The highest BCUT2D eigenvalue weighted by atomic mass is 16.3. The highest BCUT2D eigenvalue weighted by Gasteiger charge is 2.27. The third-order valence-electron chi connectivity index (χ3n) is 1.91. The van der Waals surface area contributed by atoms with Gasteiger partial charge in [-0.15, -0.1) is 0 Å². The van der Waals surface area contributed by atoms with Gasteiger partial charge in [-0.05, 0) is 31.7 Å². The molecule has 0 spiro atoms. The molecule has 3 N–H and O–H groups in total. The van der Waals surface area contributed by atoms with Crippen LogP contribution in [-0.2, 0) is 0 Å². The Morgan fingerprint density at radius 3 is 2.10 bits per heavy atom. The zero-order chi connectivity index (χ0) is 7.98. The Morgan fingerprint density at radius 1 is 1.40 bits per heavy atom. The molecule has 1 aliphatic carbocycles. The van der Waals surface area contributed by atoms with Crippen molar-refractivity contribution in [3.63, 3.8) is 0 Å². The molecule has 2 atom stereocenters. The van der Waals surface area contributed by atoms with Crippen LogP contribution < -0.4 is 5.73 Å². The lowest BCUT2D eigenvalue weighted by atomic mass is 9.80. The predicted molar refractivity (Wildman–Crippen MR) is 43.8 cm³/mol. The summed E-state index contributed by atoms with van der Waals surface area (Å²) in [4.78, 5) is 0. The van der Waals surface area contributed by atoms with Crippen LogP contribution in [0.5, 0.6) is 0 Å². The number of aliphatic hydroxyl groups excluding tert-OH is 1. The summed E-state index contributed by atoms with van der Waals surface area (Å²) in [5.74, 6) is 0.528. The molecule has 1 saturated carbocycles. The van der Waals surface area contributed by atoms with Crippen LogP contribution in [0.1, 0.15) is 33.1 Å². The van der Waals surface area contributed by atoms with Crippen LogP contribution in [0, 0.1) is 5.92 Å². The molecule has 2 heteroatoms. The molecule has 1 rings (SSSR count).